The van der Waals surface area contributed by atoms with E-state index in [9.17, 15) is 14.3 Å². The molecule has 0 aliphatic carbocycles. The summed E-state index contributed by atoms with van der Waals surface area (Å²) < 4.78 is 13.2. The van der Waals surface area contributed by atoms with Gasteiger partial charge in [0, 0.05) is 11.1 Å². The summed E-state index contributed by atoms with van der Waals surface area (Å²) in [6, 6.07) is 15.1. The van der Waals surface area contributed by atoms with Crippen LogP contribution in [0, 0.1) is 5.82 Å². The first-order valence-electron chi connectivity index (χ1n) is 8.54. The Balaban J connectivity index is 1.91. The van der Waals surface area contributed by atoms with Crippen LogP contribution in [0.5, 0.6) is 0 Å². The lowest BCUT2D eigenvalue weighted by molar-refractivity contribution is 0.0699. The second-order valence-corrected chi connectivity index (χ2v) is 6.21. The molecule has 0 atom stereocenters. The van der Waals surface area contributed by atoms with Gasteiger partial charge in [0.05, 0.1) is 22.3 Å². The number of hydrogen-bond donors (Lipinski definition) is 2. The van der Waals surface area contributed by atoms with Crippen molar-refractivity contribution in [2.45, 2.75) is 13.3 Å². The van der Waals surface area contributed by atoms with Crippen LogP contribution in [0.15, 0.2) is 54.6 Å². The van der Waals surface area contributed by atoms with E-state index in [1.807, 2.05) is 24.3 Å². The second kappa shape index (κ2) is 6.64. The summed E-state index contributed by atoms with van der Waals surface area (Å²) >= 11 is 0. The van der Waals surface area contributed by atoms with Crippen LogP contribution in [0.1, 0.15) is 22.8 Å². The topological polar surface area (TPSA) is 78.9 Å². The molecule has 0 saturated carbocycles. The third kappa shape index (κ3) is 3.06. The molecule has 0 aliphatic heterocycles. The van der Waals surface area contributed by atoms with Crippen molar-refractivity contribution in [1.29, 1.82) is 0 Å². The van der Waals surface area contributed by atoms with Gasteiger partial charge in [-0.3, -0.25) is 5.10 Å². The molecule has 27 heavy (non-hydrogen) atoms. The molecule has 134 valence electrons. The van der Waals surface area contributed by atoms with E-state index in [2.05, 4.69) is 22.1 Å². The van der Waals surface area contributed by atoms with Gasteiger partial charge in [0.25, 0.3) is 0 Å². The normalized spacial score (nSPS) is 11.0. The molecular formula is C21H16FN3O2. The van der Waals surface area contributed by atoms with Crippen LogP contribution in [-0.4, -0.2) is 26.3 Å². The zero-order valence-corrected chi connectivity index (χ0v) is 14.5. The van der Waals surface area contributed by atoms with E-state index < -0.39 is 5.97 Å². The molecule has 4 aromatic rings. The number of nitrogens with one attached hydrogen (secondary N) is 1. The van der Waals surface area contributed by atoms with E-state index in [0.29, 0.717) is 28.0 Å². The van der Waals surface area contributed by atoms with Gasteiger partial charge in [-0.15, -0.1) is 0 Å². The maximum atomic E-state index is 13.2. The van der Waals surface area contributed by atoms with Gasteiger partial charge < -0.3 is 5.11 Å². The summed E-state index contributed by atoms with van der Waals surface area (Å²) in [4.78, 5) is 16.4. The molecule has 0 bridgehead atoms. The monoisotopic (exact) mass is 361 g/mol. The Kier molecular flexibility index (Phi) is 4.16. The first kappa shape index (κ1) is 16.9. The van der Waals surface area contributed by atoms with Crippen molar-refractivity contribution in [3.8, 4) is 22.5 Å². The lowest BCUT2D eigenvalue weighted by Crippen LogP contribution is -2.00. The molecule has 2 aromatic heterocycles. The summed E-state index contributed by atoms with van der Waals surface area (Å²) in [7, 11) is 0. The van der Waals surface area contributed by atoms with Crippen molar-refractivity contribution in [1.82, 2.24) is 15.2 Å². The maximum Gasteiger partial charge on any atom is 0.336 e. The molecule has 0 spiro atoms. The van der Waals surface area contributed by atoms with Gasteiger partial charge in [0.15, 0.2) is 5.65 Å². The molecule has 0 saturated heterocycles. The van der Waals surface area contributed by atoms with Crippen LogP contribution in [0.4, 0.5) is 4.39 Å². The highest BCUT2D eigenvalue weighted by molar-refractivity contribution is 6.08. The number of carboxylic acid groups (broad SMARTS) is 1. The zero-order chi connectivity index (χ0) is 19.0. The minimum Gasteiger partial charge on any atom is -0.478 e. The molecular weight excluding hydrogens is 345 g/mol. The highest BCUT2D eigenvalue weighted by Crippen LogP contribution is 2.31. The third-order valence-electron chi connectivity index (χ3n) is 4.55. The summed E-state index contributed by atoms with van der Waals surface area (Å²) in [6.07, 6.45) is 0.924. The first-order valence-corrected chi connectivity index (χ1v) is 8.54. The van der Waals surface area contributed by atoms with Crippen molar-refractivity contribution >= 4 is 17.0 Å². The molecule has 6 heteroatoms. The molecule has 0 aliphatic rings. The highest BCUT2D eigenvalue weighted by atomic mass is 19.1. The van der Waals surface area contributed by atoms with Crippen LogP contribution < -0.4 is 0 Å². The number of fused-ring (bicyclic) bond motifs is 1. The van der Waals surface area contributed by atoms with E-state index in [-0.39, 0.29) is 11.4 Å². The smallest absolute Gasteiger partial charge is 0.336 e. The van der Waals surface area contributed by atoms with E-state index in [4.69, 9.17) is 0 Å². The number of benzene rings is 2. The van der Waals surface area contributed by atoms with Crippen LogP contribution in [0.2, 0.25) is 0 Å². The molecule has 2 aromatic carbocycles. The highest BCUT2D eigenvalue weighted by Gasteiger charge is 2.19. The molecule has 4 rings (SSSR count). The summed E-state index contributed by atoms with van der Waals surface area (Å²) in [5, 5.41) is 17.3. The van der Waals surface area contributed by atoms with Crippen molar-refractivity contribution in [2.75, 3.05) is 0 Å². The molecule has 5 nitrogen and oxygen atoms in total. The number of H-pyrrole nitrogens is 1. The van der Waals surface area contributed by atoms with Gasteiger partial charge in [-0.1, -0.05) is 31.2 Å². The van der Waals surface area contributed by atoms with Gasteiger partial charge in [-0.2, -0.15) is 5.10 Å². The van der Waals surface area contributed by atoms with Crippen LogP contribution in [0.3, 0.4) is 0 Å². The Hall–Kier alpha value is -3.54. The Morgan fingerprint density at radius 2 is 1.74 bits per heavy atom. The minimum absolute atomic E-state index is 0.0997. The summed E-state index contributed by atoms with van der Waals surface area (Å²) in [5.74, 6) is -1.44. The van der Waals surface area contributed by atoms with Gasteiger partial charge in [0.2, 0.25) is 0 Å². The van der Waals surface area contributed by atoms with Crippen LogP contribution in [-0.2, 0) is 6.42 Å². The predicted octanol–water partition coefficient (Wildman–Crippen LogP) is 4.69. The van der Waals surface area contributed by atoms with Crippen LogP contribution >= 0.6 is 0 Å². The standard InChI is InChI=1S/C21H16FN3O2/c1-2-12-3-5-14(6-4-12)19-18-16(21(26)27)11-17(23-20(18)25-24-19)13-7-9-15(22)10-8-13/h3-11H,2H2,1H3,(H,26,27)(H,23,24,25). The fourth-order valence-corrected chi connectivity index (χ4v) is 3.08. The number of aromatic amines is 1. The van der Waals surface area contributed by atoms with E-state index >= 15 is 0 Å². The minimum atomic E-state index is -1.07. The van der Waals surface area contributed by atoms with Gasteiger partial charge in [0.1, 0.15) is 5.82 Å². The SMILES string of the molecule is CCc1ccc(-c2[nH]nc3nc(-c4ccc(F)cc4)cc(C(=O)O)c23)cc1. The number of aryl methyl sites for hydroxylation is 1. The molecule has 2 N–H and O–H groups in total. The van der Waals surface area contributed by atoms with Crippen molar-refractivity contribution in [3.63, 3.8) is 0 Å². The number of carbonyl (C=O) groups is 1. The predicted molar refractivity (Wildman–Crippen MR) is 101 cm³/mol. The average Bonchev–Trinajstić information content (AvgIpc) is 3.11. The fraction of sp³-hybridized carbons (Fsp3) is 0.0952. The Bertz CT molecular complexity index is 1130. The average molecular weight is 361 g/mol. The molecule has 2 heterocycles. The van der Waals surface area contributed by atoms with Gasteiger partial charge in [-0.05, 0) is 42.3 Å². The number of aromatic nitrogens is 3. The number of aromatic carboxylic acids is 1. The number of hydrogen-bond acceptors (Lipinski definition) is 3. The lowest BCUT2D eigenvalue weighted by Gasteiger charge is -2.06. The lowest BCUT2D eigenvalue weighted by atomic mass is 10.0. The number of pyridine rings is 1. The van der Waals surface area contributed by atoms with E-state index in [1.165, 1.54) is 23.8 Å². The van der Waals surface area contributed by atoms with Crippen molar-refractivity contribution < 1.29 is 14.3 Å². The largest absolute Gasteiger partial charge is 0.478 e. The zero-order valence-electron chi connectivity index (χ0n) is 14.5. The number of rotatable bonds is 4. The van der Waals surface area contributed by atoms with Crippen molar-refractivity contribution in [3.05, 3.63) is 71.5 Å². The second-order valence-electron chi connectivity index (χ2n) is 6.21. The molecule has 0 unspecified atom stereocenters. The summed E-state index contributed by atoms with van der Waals surface area (Å²) in [5.41, 5.74) is 4.11. The van der Waals surface area contributed by atoms with Crippen molar-refractivity contribution in [2.24, 2.45) is 0 Å². The van der Waals surface area contributed by atoms with E-state index in [1.54, 1.807) is 12.1 Å². The van der Waals surface area contributed by atoms with Gasteiger partial charge in [-0.25, -0.2) is 14.2 Å². The molecule has 0 fully saturated rings. The third-order valence-corrected chi connectivity index (χ3v) is 4.55. The number of halogens is 1. The van der Waals surface area contributed by atoms with E-state index in [0.717, 1.165) is 12.0 Å². The van der Waals surface area contributed by atoms with Gasteiger partial charge >= 0.3 is 5.97 Å². The summed E-state index contributed by atoms with van der Waals surface area (Å²) in [6.45, 7) is 2.07. The maximum absolute atomic E-state index is 13.2. The Morgan fingerprint density at radius 3 is 2.37 bits per heavy atom. The fourth-order valence-electron chi connectivity index (χ4n) is 3.08. The van der Waals surface area contributed by atoms with Crippen LogP contribution in [0.25, 0.3) is 33.5 Å². The molecule has 0 amide bonds. The Labute approximate surface area is 154 Å². The quantitative estimate of drug-likeness (QED) is 0.553. The molecule has 0 radical (unpaired) electrons. The number of carboxylic acids is 1. The first-order chi connectivity index (χ1) is 13.1. The number of nitrogens with zero attached hydrogens (tertiary/aromatic N) is 2. The Morgan fingerprint density at radius 1 is 1.07 bits per heavy atom.